The normalized spacial score (nSPS) is 10.8. The second-order valence-electron chi connectivity index (χ2n) is 4.75. The summed E-state index contributed by atoms with van der Waals surface area (Å²) in [7, 11) is 0. The van der Waals surface area contributed by atoms with E-state index in [4.69, 9.17) is 4.74 Å². The largest absolute Gasteiger partial charge is 0.439 e. The molecule has 0 spiro atoms. The first-order chi connectivity index (χ1) is 9.52. The van der Waals surface area contributed by atoms with Gasteiger partial charge in [-0.2, -0.15) is 0 Å². The van der Waals surface area contributed by atoms with Crippen LogP contribution in [0.15, 0.2) is 36.5 Å². The third-order valence-electron chi connectivity index (χ3n) is 2.57. The van der Waals surface area contributed by atoms with Gasteiger partial charge in [0.05, 0.1) is 0 Å². The standard InChI is InChI=1S/C15H16F2N2O/c1-10(2)19-9-11-3-4-18-15(5-11)20-14-7-12(16)6-13(17)8-14/h3-8,10,19H,9H2,1-2H3. The van der Waals surface area contributed by atoms with Crippen molar-refractivity contribution in [2.24, 2.45) is 0 Å². The molecule has 1 aromatic carbocycles. The first-order valence-electron chi connectivity index (χ1n) is 6.35. The van der Waals surface area contributed by atoms with Crippen LogP contribution in [0.2, 0.25) is 0 Å². The van der Waals surface area contributed by atoms with Crippen LogP contribution in [0.25, 0.3) is 0 Å². The summed E-state index contributed by atoms with van der Waals surface area (Å²) in [6.45, 7) is 4.77. The fraction of sp³-hybridized carbons (Fsp3) is 0.267. The smallest absolute Gasteiger partial charge is 0.219 e. The lowest BCUT2D eigenvalue weighted by Crippen LogP contribution is -2.21. The summed E-state index contributed by atoms with van der Waals surface area (Å²) in [4.78, 5) is 4.03. The van der Waals surface area contributed by atoms with Gasteiger partial charge in [0.1, 0.15) is 17.4 Å². The summed E-state index contributed by atoms with van der Waals surface area (Å²) in [5.41, 5.74) is 0.987. The highest BCUT2D eigenvalue weighted by molar-refractivity contribution is 5.29. The minimum atomic E-state index is -0.683. The van der Waals surface area contributed by atoms with Crippen molar-refractivity contribution in [3.05, 3.63) is 53.7 Å². The maximum atomic E-state index is 13.1. The van der Waals surface area contributed by atoms with E-state index in [1.165, 1.54) is 0 Å². The van der Waals surface area contributed by atoms with E-state index in [9.17, 15) is 8.78 Å². The molecule has 0 aliphatic rings. The van der Waals surface area contributed by atoms with Crippen molar-refractivity contribution in [3.8, 4) is 11.6 Å². The van der Waals surface area contributed by atoms with Crippen molar-refractivity contribution < 1.29 is 13.5 Å². The van der Waals surface area contributed by atoms with Crippen molar-refractivity contribution in [3.63, 3.8) is 0 Å². The quantitative estimate of drug-likeness (QED) is 0.906. The van der Waals surface area contributed by atoms with Gasteiger partial charge in [0.2, 0.25) is 5.88 Å². The zero-order valence-corrected chi connectivity index (χ0v) is 11.4. The molecular weight excluding hydrogens is 262 g/mol. The number of hydrogen-bond donors (Lipinski definition) is 1. The zero-order valence-electron chi connectivity index (χ0n) is 11.4. The van der Waals surface area contributed by atoms with E-state index in [2.05, 4.69) is 10.3 Å². The Bertz CT molecular complexity index is 568. The molecule has 2 rings (SSSR count). The van der Waals surface area contributed by atoms with Crippen LogP contribution in [0.3, 0.4) is 0 Å². The molecular formula is C15H16F2N2O. The molecule has 1 heterocycles. The molecule has 0 saturated carbocycles. The van der Waals surface area contributed by atoms with Gasteiger partial charge < -0.3 is 10.1 Å². The Morgan fingerprint density at radius 2 is 1.85 bits per heavy atom. The fourth-order valence-corrected chi connectivity index (χ4v) is 1.65. The Morgan fingerprint density at radius 1 is 1.15 bits per heavy atom. The van der Waals surface area contributed by atoms with Crippen molar-refractivity contribution in [1.82, 2.24) is 10.3 Å². The summed E-state index contributed by atoms with van der Waals surface area (Å²) in [5, 5.41) is 3.27. The third-order valence-corrected chi connectivity index (χ3v) is 2.57. The SMILES string of the molecule is CC(C)NCc1ccnc(Oc2cc(F)cc(F)c2)c1. The number of pyridine rings is 1. The van der Waals surface area contributed by atoms with Crippen molar-refractivity contribution in [2.75, 3.05) is 0 Å². The van der Waals surface area contributed by atoms with Gasteiger partial charge in [0.15, 0.2) is 0 Å². The van der Waals surface area contributed by atoms with Crippen LogP contribution in [-0.2, 0) is 6.54 Å². The minimum absolute atomic E-state index is 0.0870. The summed E-state index contributed by atoms with van der Waals surface area (Å²) in [6.07, 6.45) is 1.60. The molecule has 2 aromatic rings. The molecule has 0 saturated heterocycles. The summed E-state index contributed by atoms with van der Waals surface area (Å²) in [6, 6.07) is 6.98. The number of aromatic nitrogens is 1. The molecule has 20 heavy (non-hydrogen) atoms. The predicted molar refractivity (Wildman–Crippen MR) is 72.6 cm³/mol. The summed E-state index contributed by atoms with van der Waals surface area (Å²) in [5.74, 6) is -0.975. The Labute approximate surface area is 116 Å². The van der Waals surface area contributed by atoms with Gasteiger partial charge >= 0.3 is 0 Å². The van der Waals surface area contributed by atoms with Crippen LogP contribution in [0, 0.1) is 11.6 Å². The second-order valence-corrected chi connectivity index (χ2v) is 4.75. The molecule has 1 N–H and O–H groups in total. The molecule has 5 heteroatoms. The van der Waals surface area contributed by atoms with Gasteiger partial charge in [0, 0.05) is 43.0 Å². The number of hydrogen-bond acceptors (Lipinski definition) is 3. The van der Waals surface area contributed by atoms with Gasteiger partial charge in [-0.05, 0) is 11.6 Å². The van der Waals surface area contributed by atoms with Gasteiger partial charge in [-0.15, -0.1) is 0 Å². The lowest BCUT2D eigenvalue weighted by atomic mass is 10.2. The fourth-order valence-electron chi connectivity index (χ4n) is 1.65. The van der Waals surface area contributed by atoms with Gasteiger partial charge in [-0.25, -0.2) is 13.8 Å². The zero-order chi connectivity index (χ0) is 14.5. The first kappa shape index (κ1) is 14.4. The molecule has 1 aromatic heterocycles. The molecule has 106 valence electrons. The van der Waals surface area contributed by atoms with Gasteiger partial charge in [-0.1, -0.05) is 13.8 Å². The Morgan fingerprint density at radius 3 is 2.50 bits per heavy atom. The van der Waals surface area contributed by atoms with Crippen molar-refractivity contribution >= 4 is 0 Å². The first-order valence-corrected chi connectivity index (χ1v) is 6.35. The molecule has 0 bridgehead atoms. The number of nitrogens with zero attached hydrogens (tertiary/aromatic N) is 1. The third kappa shape index (κ3) is 4.28. The molecule has 0 fully saturated rings. The maximum Gasteiger partial charge on any atom is 0.219 e. The van der Waals surface area contributed by atoms with E-state index in [0.717, 1.165) is 23.8 Å². The lowest BCUT2D eigenvalue weighted by molar-refractivity contribution is 0.450. The topological polar surface area (TPSA) is 34.2 Å². The minimum Gasteiger partial charge on any atom is -0.439 e. The monoisotopic (exact) mass is 278 g/mol. The average Bonchev–Trinajstić information content (AvgIpc) is 2.35. The predicted octanol–water partition coefficient (Wildman–Crippen LogP) is 3.65. The summed E-state index contributed by atoms with van der Waals surface area (Å²) < 4.78 is 31.5. The number of ether oxygens (including phenoxy) is 1. The molecule has 0 amide bonds. The van der Waals surface area contributed by atoms with Crippen molar-refractivity contribution in [2.45, 2.75) is 26.4 Å². The van der Waals surface area contributed by atoms with Crippen LogP contribution in [0.1, 0.15) is 19.4 Å². The number of rotatable bonds is 5. The van der Waals surface area contributed by atoms with Gasteiger partial charge in [-0.3, -0.25) is 0 Å². The highest BCUT2D eigenvalue weighted by Gasteiger charge is 2.05. The Balaban J connectivity index is 2.11. The van der Waals surface area contributed by atoms with Crippen LogP contribution >= 0.6 is 0 Å². The van der Waals surface area contributed by atoms with E-state index in [1.807, 2.05) is 19.9 Å². The number of nitrogens with one attached hydrogen (secondary N) is 1. The molecule has 0 atom stereocenters. The molecule has 0 unspecified atom stereocenters. The van der Waals surface area contributed by atoms with Crippen LogP contribution < -0.4 is 10.1 Å². The van der Waals surface area contributed by atoms with E-state index < -0.39 is 11.6 Å². The van der Waals surface area contributed by atoms with E-state index in [1.54, 1.807) is 12.3 Å². The van der Waals surface area contributed by atoms with E-state index >= 15 is 0 Å². The van der Waals surface area contributed by atoms with E-state index in [-0.39, 0.29) is 5.75 Å². The highest BCUT2D eigenvalue weighted by atomic mass is 19.1. The van der Waals surface area contributed by atoms with Crippen LogP contribution in [0.5, 0.6) is 11.6 Å². The summed E-state index contributed by atoms with van der Waals surface area (Å²) >= 11 is 0. The van der Waals surface area contributed by atoms with E-state index in [0.29, 0.717) is 18.5 Å². The Hall–Kier alpha value is -2.01. The highest BCUT2D eigenvalue weighted by Crippen LogP contribution is 2.22. The van der Waals surface area contributed by atoms with Crippen molar-refractivity contribution in [1.29, 1.82) is 0 Å². The van der Waals surface area contributed by atoms with Crippen LogP contribution in [0.4, 0.5) is 8.78 Å². The average molecular weight is 278 g/mol. The molecule has 3 nitrogen and oxygen atoms in total. The molecule has 0 aliphatic heterocycles. The second kappa shape index (κ2) is 6.43. The number of benzene rings is 1. The molecule has 0 radical (unpaired) electrons. The molecule has 0 aliphatic carbocycles. The Kier molecular flexibility index (Phi) is 4.63. The number of halogens is 2. The maximum absolute atomic E-state index is 13.1. The van der Waals surface area contributed by atoms with Crippen LogP contribution in [-0.4, -0.2) is 11.0 Å². The van der Waals surface area contributed by atoms with Gasteiger partial charge in [0.25, 0.3) is 0 Å². The lowest BCUT2D eigenvalue weighted by Gasteiger charge is -2.09.